The first-order valence-corrected chi connectivity index (χ1v) is 7.78. The van der Waals surface area contributed by atoms with Crippen LogP contribution in [-0.2, 0) is 19.6 Å². The average Bonchev–Trinajstić information content (AvgIpc) is 3.08. The minimum Gasteiger partial charge on any atom is -0.481 e. The number of furan rings is 1. The number of carbonyl (C=O) groups is 1. The highest BCUT2D eigenvalue weighted by atomic mass is 32.2. The molecule has 2 aliphatic rings. The predicted molar refractivity (Wildman–Crippen MR) is 66.5 cm³/mol. The molecule has 0 aliphatic carbocycles. The summed E-state index contributed by atoms with van der Waals surface area (Å²) in [4.78, 5) is 11.6. The molecule has 3 heterocycles. The van der Waals surface area contributed by atoms with Gasteiger partial charge in [0.2, 0.25) is 10.0 Å². The average molecular weight is 301 g/mol. The molecular formula is C12H15NO6S. The van der Waals surface area contributed by atoms with Crippen LogP contribution < -0.4 is 0 Å². The lowest BCUT2D eigenvalue weighted by Crippen LogP contribution is -2.57. The normalized spacial score (nSPS) is 31.1. The van der Waals surface area contributed by atoms with E-state index in [1.54, 1.807) is 0 Å². The van der Waals surface area contributed by atoms with Gasteiger partial charge in [0.1, 0.15) is 16.6 Å². The van der Waals surface area contributed by atoms with Crippen molar-refractivity contribution in [1.29, 1.82) is 0 Å². The van der Waals surface area contributed by atoms with Crippen molar-refractivity contribution in [2.45, 2.75) is 23.8 Å². The molecule has 7 nitrogen and oxygen atoms in total. The van der Waals surface area contributed by atoms with Crippen LogP contribution >= 0.6 is 0 Å². The molecule has 0 aromatic carbocycles. The fourth-order valence-corrected chi connectivity index (χ4v) is 4.69. The summed E-state index contributed by atoms with van der Waals surface area (Å²) < 4.78 is 36.5. The lowest BCUT2D eigenvalue weighted by molar-refractivity contribution is -0.152. The standard InChI is InChI=1S/C12H15NO6S/c14-11(15)12-3-1-4-13(10(12)7-19-8-12)20(16,17)9-2-5-18-6-9/h2,5-6,10H,1,3-4,7-8H2,(H,14,15)/t10-,12+/m0/s1. The maximum Gasteiger partial charge on any atom is 0.313 e. The van der Waals surface area contributed by atoms with E-state index in [1.807, 2.05) is 0 Å². The third-order valence-electron chi connectivity index (χ3n) is 4.15. The summed E-state index contributed by atoms with van der Waals surface area (Å²) in [6.07, 6.45) is 3.38. The summed E-state index contributed by atoms with van der Waals surface area (Å²) in [6, 6.07) is 0.705. The zero-order valence-corrected chi connectivity index (χ0v) is 11.5. The highest BCUT2D eigenvalue weighted by molar-refractivity contribution is 7.89. The smallest absolute Gasteiger partial charge is 0.313 e. The predicted octanol–water partition coefficient (Wildman–Crippen LogP) is 0.534. The Morgan fingerprint density at radius 2 is 2.30 bits per heavy atom. The van der Waals surface area contributed by atoms with E-state index in [-0.39, 0.29) is 18.1 Å². The van der Waals surface area contributed by atoms with Crippen LogP contribution in [0, 0.1) is 5.41 Å². The van der Waals surface area contributed by atoms with Crippen molar-refractivity contribution in [2.24, 2.45) is 5.41 Å². The largest absolute Gasteiger partial charge is 0.481 e. The summed E-state index contributed by atoms with van der Waals surface area (Å²) in [5.41, 5.74) is -1.13. The molecular weight excluding hydrogens is 286 g/mol. The molecule has 20 heavy (non-hydrogen) atoms. The van der Waals surface area contributed by atoms with Gasteiger partial charge in [-0.2, -0.15) is 4.31 Å². The van der Waals surface area contributed by atoms with Gasteiger partial charge in [0, 0.05) is 6.54 Å². The Hall–Kier alpha value is -1.38. The Balaban J connectivity index is 2.01. The second-order valence-corrected chi connectivity index (χ2v) is 7.06. The highest BCUT2D eigenvalue weighted by Gasteiger charge is 2.57. The van der Waals surface area contributed by atoms with Crippen molar-refractivity contribution in [1.82, 2.24) is 4.31 Å². The van der Waals surface area contributed by atoms with Gasteiger partial charge in [0.05, 0.1) is 25.5 Å². The van der Waals surface area contributed by atoms with Crippen LogP contribution in [0.25, 0.3) is 0 Å². The van der Waals surface area contributed by atoms with E-state index >= 15 is 0 Å². The molecule has 0 unspecified atom stereocenters. The molecule has 2 aliphatic heterocycles. The van der Waals surface area contributed by atoms with Gasteiger partial charge in [-0.25, -0.2) is 8.42 Å². The number of rotatable bonds is 3. The second-order valence-electron chi connectivity index (χ2n) is 5.17. The Morgan fingerprint density at radius 1 is 1.50 bits per heavy atom. The van der Waals surface area contributed by atoms with Crippen LogP contribution in [0.3, 0.4) is 0 Å². The van der Waals surface area contributed by atoms with E-state index in [9.17, 15) is 18.3 Å². The van der Waals surface area contributed by atoms with Crippen molar-refractivity contribution in [3.63, 3.8) is 0 Å². The van der Waals surface area contributed by atoms with E-state index < -0.39 is 27.4 Å². The SMILES string of the molecule is O=C(O)[C@@]12CCCN(S(=O)(=O)c3ccoc3)[C@H]1COC2. The van der Waals surface area contributed by atoms with E-state index in [0.29, 0.717) is 19.4 Å². The van der Waals surface area contributed by atoms with Gasteiger partial charge in [-0.15, -0.1) is 0 Å². The maximum absolute atomic E-state index is 12.6. The molecule has 110 valence electrons. The molecule has 1 N–H and O–H groups in total. The molecule has 0 spiro atoms. The van der Waals surface area contributed by atoms with Gasteiger partial charge in [0.25, 0.3) is 0 Å². The van der Waals surface area contributed by atoms with Gasteiger partial charge >= 0.3 is 5.97 Å². The van der Waals surface area contributed by atoms with E-state index in [1.165, 1.54) is 16.6 Å². The van der Waals surface area contributed by atoms with Crippen LogP contribution in [0.2, 0.25) is 0 Å². The first kappa shape index (κ1) is 13.6. The van der Waals surface area contributed by atoms with Crippen molar-refractivity contribution >= 4 is 16.0 Å². The number of ether oxygens (including phenoxy) is 1. The van der Waals surface area contributed by atoms with Gasteiger partial charge in [-0.05, 0) is 18.9 Å². The minimum absolute atomic E-state index is 0.0468. The third-order valence-corrected chi connectivity index (χ3v) is 6.03. The van der Waals surface area contributed by atoms with Crippen LogP contribution in [0.5, 0.6) is 0 Å². The maximum atomic E-state index is 12.6. The number of carboxylic acid groups (broad SMARTS) is 1. The van der Waals surface area contributed by atoms with Crippen molar-refractivity contribution in [3.8, 4) is 0 Å². The Bertz CT molecular complexity index is 610. The van der Waals surface area contributed by atoms with Crippen LogP contribution in [0.4, 0.5) is 0 Å². The van der Waals surface area contributed by atoms with Gasteiger partial charge in [0.15, 0.2) is 0 Å². The fraction of sp³-hybridized carbons (Fsp3) is 0.583. The lowest BCUT2D eigenvalue weighted by atomic mass is 9.76. The molecule has 2 fully saturated rings. The van der Waals surface area contributed by atoms with Crippen molar-refractivity contribution in [2.75, 3.05) is 19.8 Å². The number of hydrogen-bond donors (Lipinski definition) is 1. The van der Waals surface area contributed by atoms with E-state index in [0.717, 1.165) is 6.26 Å². The summed E-state index contributed by atoms with van der Waals surface area (Å²) in [5, 5.41) is 9.49. The molecule has 2 atom stereocenters. The zero-order chi connectivity index (χ0) is 14.4. The molecule has 0 radical (unpaired) electrons. The number of carboxylic acids is 1. The monoisotopic (exact) mass is 301 g/mol. The minimum atomic E-state index is -3.75. The number of fused-ring (bicyclic) bond motifs is 1. The number of sulfonamides is 1. The van der Waals surface area contributed by atoms with Crippen LogP contribution in [0.15, 0.2) is 27.9 Å². The molecule has 0 bridgehead atoms. The Morgan fingerprint density at radius 3 is 2.95 bits per heavy atom. The third kappa shape index (κ3) is 1.79. The van der Waals surface area contributed by atoms with Crippen LogP contribution in [-0.4, -0.2) is 49.6 Å². The molecule has 1 aromatic rings. The van der Waals surface area contributed by atoms with Gasteiger partial charge in [-0.3, -0.25) is 4.79 Å². The molecule has 0 amide bonds. The molecule has 0 saturated carbocycles. The number of piperidine rings is 1. The summed E-state index contributed by atoms with van der Waals surface area (Å²) in [7, 11) is -3.75. The van der Waals surface area contributed by atoms with E-state index in [2.05, 4.69) is 0 Å². The van der Waals surface area contributed by atoms with Crippen LogP contribution in [0.1, 0.15) is 12.8 Å². The number of nitrogens with zero attached hydrogens (tertiary/aromatic N) is 1. The lowest BCUT2D eigenvalue weighted by Gasteiger charge is -2.40. The number of aliphatic carboxylic acids is 1. The summed E-state index contributed by atoms with van der Waals surface area (Å²) in [6.45, 7) is 0.477. The Labute approximate surface area is 116 Å². The highest BCUT2D eigenvalue weighted by Crippen LogP contribution is 2.43. The topological polar surface area (TPSA) is 97.1 Å². The molecule has 3 rings (SSSR count). The second kappa shape index (κ2) is 4.57. The summed E-state index contributed by atoms with van der Waals surface area (Å²) >= 11 is 0. The van der Waals surface area contributed by atoms with E-state index in [4.69, 9.17) is 9.15 Å². The van der Waals surface area contributed by atoms with Gasteiger partial charge < -0.3 is 14.3 Å². The first-order chi connectivity index (χ1) is 9.48. The molecule has 8 heteroatoms. The molecule has 2 saturated heterocycles. The Kier molecular flexibility index (Phi) is 3.11. The van der Waals surface area contributed by atoms with Crippen molar-refractivity contribution in [3.05, 3.63) is 18.6 Å². The zero-order valence-electron chi connectivity index (χ0n) is 10.7. The fourth-order valence-electron chi connectivity index (χ4n) is 3.05. The van der Waals surface area contributed by atoms with Crippen molar-refractivity contribution < 1.29 is 27.5 Å². The van der Waals surface area contributed by atoms with Gasteiger partial charge in [-0.1, -0.05) is 0 Å². The summed E-state index contributed by atoms with van der Waals surface area (Å²) in [5.74, 6) is -0.993. The quantitative estimate of drug-likeness (QED) is 0.875. The first-order valence-electron chi connectivity index (χ1n) is 6.34. The molecule has 1 aromatic heterocycles. The number of hydrogen-bond acceptors (Lipinski definition) is 5.